The molecular formula is C11H17NO2Sn. The fraction of sp³-hybridized carbons (Fsp3) is 0.455. The van der Waals surface area contributed by atoms with Crippen LogP contribution in [0.25, 0.3) is 0 Å². The number of carboxylic acids is 1. The molecule has 4 heteroatoms. The molecule has 1 heterocycles. The maximum absolute atomic E-state index is 10.9. The van der Waals surface area contributed by atoms with E-state index in [0.717, 1.165) is 5.56 Å². The summed E-state index contributed by atoms with van der Waals surface area (Å²) in [5, 5.41) is 8.92. The Morgan fingerprint density at radius 1 is 1.40 bits per heavy atom. The number of aliphatic carboxylic acids is 1. The molecule has 1 aromatic rings. The molecule has 1 rings (SSSR count). The van der Waals surface area contributed by atoms with Crippen LogP contribution in [0, 0.1) is 0 Å². The predicted molar refractivity (Wildman–Crippen MR) is 63.3 cm³/mol. The van der Waals surface area contributed by atoms with Crippen LogP contribution in [0.4, 0.5) is 0 Å². The average Bonchev–Trinajstić information content (AvgIpc) is 2.15. The summed E-state index contributed by atoms with van der Waals surface area (Å²) in [7, 11) is 0. The van der Waals surface area contributed by atoms with E-state index in [1.165, 1.54) is 3.58 Å². The van der Waals surface area contributed by atoms with Crippen molar-refractivity contribution in [3.8, 4) is 0 Å². The third-order valence-electron chi connectivity index (χ3n) is 2.50. The first-order chi connectivity index (χ1) is 6.82. The number of hydrogen-bond donors (Lipinski definition) is 1. The number of carboxylic acid groups (broad SMARTS) is 1. The van der Waals surface area contributed by atoms with E-state index in [1.807, 2.05) is 12.3 Å². The molecule has 0 aliphatic rings. The van der Waals surface area contributed by atoms with Crippen LogP contribution >= 0.6 is 0 Å². The molecule has 82 valence electrons. The van der Waals surface area contributed by atoms with Crippen LogP contribution in [0.5, 0.6) is 0 Å². The van der Waals surface area contributed by atoms with Crippen LogP contribution < -0.4 is 3.58 Å². The number of hydrogen-bond acceptors (Lipinski definition) is 2. The van der Waals surface area contributed by atoms with Crippen LogP contribution in [0.1, 0.15) is 18.4 Å². The van der Waals surface area contributed by atoms with Crippen molar-refractivity contribution in [3.63, 3.8) is 0 Å². The fourth-order valence-electron chi connectivity index (χ4n) is 1.25. The Morgan fingerprint density at radius 3 is 2.47 bits per heavy atom. The van der Waals surface area contributed by atoms with Gasteiger partial charge in [-0.1, -0.05) is 0 Å². The van der Waals surface area contributed by atoms with Gasteiger partial charge in [-0.3, -0.25) is 0 Å². The van der Waals surface area contributed by atoms with Gasteiger partial charge in [-0.25, -0.2) is 0 Å². The second kappa shape index (κ2) is 4.51. The first-order valence-corrected chi connectivity index (χ1v) is 15.0. The zero-order chi connectivity index (χ0) is 11.6. The molecule has 0 aliphatic carbocycles. The van der Waals surface area contributed by atoms with E-state index in [1.54, 1.807) is 13.1 Å². The second-order valence-corrected chi connectivity index (χ2v) is 19.3. The Morgan fingerprint density at radius 2 is 2.00 bits per heavy atom. The topological polar surface area (TPSA) is 50.2 Å². The van der Waals surface area contributed by atoms with Crippen molar-refractivity contribution in [2.24, 2.45) is 0 Å². The monoisotopic (exact) mass is 315 g/mol. The van der Waals surface area contributed by atoms with Crippen LogP contribution in [0.15, 0.2) is 18.5 Å². The van der Waals surface area contributed by atoms with Gasteiger partial charge in [0.2, 0.25) is 0 Å². The van der Waals surface area contributed by atoms with Crippen LogP contribution in [0.2, 0.25) is 14.8 Å². The van der Waals surface area contributed by atoms with Crippen molar-refractivity contribution in [2.75, 3.05) is 0 Å². The molecule has 15 heavy (non-hydrogen) atoms. The molecular weight excluding hydrogens is 297 g/mol. The first-order valence-electron chi connectivity index (χ1n) is 5.00. The van der Waals surface area contributed by atoms with E-state index in [-0.39, 0.29) is 0 Å². The molecule has 0 saturated heterocycles. The Balaban J connectivity index is 3.08. The van der Waals surface area contributed by atoms with Crippen molar-refractivity contribution in [1.29, 1.82) is 0 Å². The molecule has 1 aromatic heterocycles. The predicted octanol–water partition coefficient (Wildman–Crippen LogP) is 1.81. The van der Waals surface area contributed by atoms with E-state index in [9.17, 15) is 4.79 Å². The number of nitrogens with zero attached hydrogens (tertiary/aromatic N) is 1. The van der Waals surface area contributed by atoms with Gasteiger partial charge in [-0.05, 0) is 0 Å². The normalized spacial score (nSPS) is 13.6. The minimum atomic E-state index is -2.12. The molecule has 0 aromatic carbocycles. The first kappa shape index (κ1) is 12.5. The van der Waals surface area contributed by atoms with Gasteiger partial charge < -0.3 is 0 Å². The van der Waals surface area contributed by atoms with Gasteiger partial charge >= 0.3 is 94.5 Å². The summed E-state index contributed by atoms with van der Waals surface area (Å²) in [6.45, 7) is 1.70. The third kappa shape index (κ3) is 3.19. The standard InChI is InChI=1S/C8H8NO2.3CH3.Sn/c1-6(8(10)11)7-3-2-4-9-5-7;;;;/h3-6H,1H3,(H,10,11);3*1H3;. The zero-order valence-corrected chi connectivity index (χ0v) is 12.5. The summed E-state index contributed by atoms with van der Waals surface area (Å²) >= 11 is -2.12. The van der Waals surface area contributed by atoms with Gasteiger partial charge in [-0.2, -0.15) is 0 Å². The summed E-state index contributed by atoms with van der Waals surface area (Å²) in [5.41, 5.74) is 0.812. The Labute approximate surface area is 94.4 Å². The van der Waals surface area contributed by atoms with E-state index in [2.05, 4.69) is 19.8 Å². The molecule has 0 aliphatic heterocycles. The van der Waals surface area contributed by atoms with Gasteiger partial charge in [0.25, 0.3) is 0 Å². The third-order valence-corrected chi connectivity index (χ3v) is 8.22. The summed E-state index contributed by atoms with van der Waals surface area (Å²) in [5.74, 6) is -1.26. The van der Waals surface area contributed by atoms with Crippen molar-refractivity contribution >= 4 is 27.9 Å². The molecule has 0 spiro atoms. The molecule has 1 unspecified atom stereocenters. The quantitative estimate of drug-likeness (QED) is 0.866. The zero-order valence-electron chi connectivity index (χ0n) is 9.61. The molecule has 0 amide bonds. The summed E-state index contributed by atoms with van der Waals surface area (Å²) < 4.78 is 1.27. The van der Waals surface area contributed by atoms with E-state index in [4.69, 9.17) is 5.11 Å². The van der Waals surface area contributed by atoms with Crippen molar-refractivity contribution in [2.45, 2.75) is 27.7 Å². The van der Waals surface area contributed by atoms with E-state index >= 15 is 0 Å². The molecule has 0 fully saturated rings. The number of rotatable bonds is 3. The van der Waals surface area contributed by atoms with Crippen LogP contribution in [-0.2, 0) is 4.79 Å². The molecule has 0 saturated carbocycles. The molecule has 1 atom stereocenters. The van der Waals surface area contributed by atoms with Crippen molar-refractivity contribution < 1.29 is 9.90 Å². The van der Waals surface area contributed by atoms with E-state index in [0.29, 0.717) is 0 Å². The number of carbonyl (C=O) groups is 1. The van der Waals surface area contributed by atoms with Gasteiger partial charge in [-0.15, -0.1) is 0 Å². The Hall–Kier alpha value is -0.581. The molecule has 0 bridgehead atoms. The summed E-state index contributed by atoms with van der Waals surface area (Å²) in [6.07, 6.45) is 3.54. The van der Waals surface area contributed by atoms with Crippen molar-refractivity contribution in [3.05, 3.63) is 24.0 Å². The van der Waals surface area contributed by atoms with Gasteiger partial charge in [0.05, 0.1) is 0 Å². The second-order valence-electron chi connectivity index (χ2n) is 4.82. The van der Waals surface area contributed by atoms with Crippen molar-refractivity contribution in [1.82, 2.24) is 4.98 Å². The minimum absolute atomic E-state index is 0.467. The van der Waals surface area contributed by atoms with Gasteiger partial charge in [0, 0.05) is 0 Å². The maximum atomic E-state index is 10.9. The number of aromatic nitrogens is 1. The number of pyridine rings is 1. The van der Waals surface area contributed by atoms with E-state index < -0.39 is 30.3 Å². The summed E-state index contributed by atoms with van der Waals surface area (Å²) in [4.78, 5) is 21.9. The molecule has 3 nitrogen and oxygen atoms in total. The fourth-order valence-corrected chi connectivity index (χ4v) is 4.28. The molecule has 0 radical (unpaired) electrons. The Bertz CT molecular complexity index is 371. The van der Waals surface area contributed by atoms with Crippen LogP contribution in [0.3, 0.4) is 0 Å². The SMILES string of the molecule is CC(C(=O)O)c1cnc[c]([Sn]([CH3])([CH3])[CH3])c1. The van der Waals surface area contributed by atoms with Crippen LogP contribution in [-0.4, -0.2) is 34.4 Å². The van der Waals surface area contributed by atoms with Gasteiger partial charge in [0.1, 0.15) is 0 Å². The summed E-state index contributed by atoms with van der Waals surface area (Å²) in [6, 6.07) is 2.02. The Kier molecular flexibility index (Phi) is 3.76. The molecule has 1 N–H and O–H groups in total. The average molecular weight is 314 g/mol. The van der Waals surface area contributed by atoms with Gasteiger partial charge in [0.15, 0.2) is 0 Å².